The Bertz CT molecular complexity index is 1150. The molecule has 3 aromatic rings. The van der Waals surface area contributed by atoms with E-state index in [9.17, 15) is 19.5 Å². The van der Waals surface area contributed by atoms with Crippen LogP contribution in [-0.2, 0) is 16.9 Å². The zero-order chi connectivity index (χ0) is 20.8. The molecule has 4 rings (SSSR count). The Morgan fingerprint density at radius 2 is 1.93 bits per heavy atom. The molecule has 2 aromatic carbocycles. The van der Waals surface area contributed by atoms with Gasteiger partial charge in [-0.25, -0.2) is 4.79 Å². The average molecular weight is 394 g/mol. The van der Waals surface area contributed by atoms with E-state index in [1.807, 2.05) is 0 Å². The Kier molecular flexibility index (Phi) is 4.15. The highest BCUT2D eigenvalue weighted by Gasteiger charge is 2.48. The van der Waals surface area contributed by atoms with Crippen molar-refractivity contribution in [2.24, 2.45) is 5.73 Å². The van der Waals surface area contributed by atoms with Gasteiger partial charge in [0.1, 0.15) is 5.75 Å². The molecule has 148 valence electrons. The predicted molar refractivity (Wildman–Crippen MR) is 103 cm³/mol. The minimum atomic E-state index is -1.47. The number of methoxy groups -OCH3 is 1. The zero-order valence-corrected chi connectivity index (χ0v) is 15.4. The van der Waals surface area contributed by atoms with E-state index in [2.05, 4.69) is 10.6 Å². The van der Waals surface area contributed by atoms with Gasteiger partial charge in [-0.3, -0.25) is 14.9 Å². The third-order valence-corrected chi connectivity index (χ3v) is 5.08. The Labute approximate surface area is 165 Å². The first kappa shape index (κ1) is 18.4. The molecular formula is C20H18N4O5. The van der Waals surface area contributed by atoms with Crippen molar-refractivity contribution < 1.29 is 24.2 Å². The highest BCUT2D eigenvalue weighted by molar-refractivity contribution is 6.07. The molecule has 0 saturated carbocycles. The number of benzene rings is 2. The molecule has 0 unspecified atom stereocenters. The molecule has 5 N–H and O–H groups in total. The van der Waals surface area contributed by atoms with Crippen molar-refractivity contribution in [3.8, 4) is 11.6 Å². The second-order valence-corrected chi connectivity index (χ2v) is 6.79. The lowest BCUT2D eigenvalue weighted by Gasteiger charge is -2.27. The van der Waals surface area contributed by atoms with E-state index in [-0.39, 0.29) is 18.0 Å². The zero-order valence-electron chi connectivity index (χ0n) is 15.4. The number of aromatic nitrogens is 1. The van der Waals surface area contributed by atoms with E-state index in [0.717, 1.165) is 5.39 Å². The Morgan fingerprint density at radius 1 is 1.21 bits per heavy atom. The Hall–Kier alpha value is -4.01. The number of fused-ring (bicyclic) bond motifs is 1. The number of carbonyl (C=O) groups excluding carboxylic acids is 3. The van der Waals surface area contributed by atoms with Crippen molar-refractivity contribution in [3.05, 3.63) is 59.8 Å². The standard InChI is InChI=1S/C20H18N4O5/c1-29-14-7-4-12-9-24(17(26)15(12)8-14)10-20(18(27)22-19(28)23-20)13-5-2-11(3-6-13)16(21)25/h2-9,26H,10H2,1H3,(H2,21,25)(H2,22,23,27,28)/t20-/m0/s1. The minimum Gasteiger partial charge on any atom is -0.497 e. The van der Waals surface area contributed by atoms with Crippen molar-refractivity contribution in [2.75, 3.05) is 7.11 Å². The summed E-state index contributed by atoms with van der Waals surface area (Å²) in [6.07, 6.45) is 1.68. The molecule has 0 bridgehead atoms. The molecule has 0 radical (unpaired) electrons. The van der Waals surface area contributed by atoms with E-state index < -0.39 is 23.4 Å². The van der Waals surface area contributed by atoms with Gasteiger partial charge in [-0.05, 0) is 35.9 Å². The molecule has 0 spiro atoms. The quantitative estimate of drug-likeness (QED) is 0.482. The number of nitrogens with one attached hydrogen (secondary N) is 2. The van der Waals surface area contributed by atoms with Crippen LogP contribution in [-0.4, -0.2) is 34.6 Å². The van der Waals surface area contributed by atoms with Gasteiger partial charge in [0.25, 0.3) is 5.91 Å². The number of hydrogen-bond acceptors (Lipinski definition) is 5. The number of urea groups is 1. The van der Waals surface area contributed by atoms with Crippen LogP contribution in [0.3, 0.4) is 0 Å². The number of aromatic hydroxyl groups is 1. The normalized spacial score (nSPS) is 18.5. The number of carbonyl (C=O) groups is 3. The van der Waals surface area contributed by atoms with Gasteiger partial charge in [0.05, 0.1) is 13.7 Å². The van der Waals surface area contributed by atoms with E-state index in [4.69, 9.17) is 10.5 Å². The van der Waals surface area contributed by atoms with Gasteiger partial charge in [-0.2, -0.15) is 0 Å². The van der Waals surface area contributed by atoms with E-state index in [1.165, 1.54) is 23.8 Å². The molecular weight excluding hydrogens is 376 g/mol. The third kappa shape index (κ3) is 2.92. The highest BCUT2D eigenvalue weighted by Crippen LogP contribution is 2.34. The fourth-order valence-corrected chi connectivity index (χ4v) is 3.54. The molecule has 1 fully saturated rings. The molecule has 1 aliphatic heterocycles. The maximum absolute atomic E-state index is 12.8. The van der Waals surface area contributed by atoms with E-state index >= 15 is 0 Å². The van der Waals surface area contributed by atoms with Crippen LogP contribution >= 0.6 is 0 Å². The van der Waals surface area contributed by atoms with Crippen LogP contribution in [0.5, 0.6) is 11.6 Å². The van der Waals surface area contributed by atoms with Gasteiger partial charge in [0.2, 0.25) is 5.91 Å². The number of primary amides is 1. The molecule has 1 atom stereocenters. The first-order valence-corrected chi connectivity index (χ1v) is 8.74. The van der Waals surface area contributed by atoms with Gasteiger partial charge in [-0.15, -0.1) is 0 Å². The first-order chi connectivity index (χ1) is 13.8. The van der Waals surface area contributed by atoms with Crippen LogP contribution < -0.4 is 21.1 Å². The van der Waals surface area contributed by atoms with Crippen LogP contribution in [0.1, 0.15) is 15.9 Å². The third-order valence-electron chi connectivity index (χ3n) is 5.08. The largest absolute Gasteiger partial charge is 0.497 e. The summed E-state index contributed by atoms with van der Waals surface area (Å²) in [5, 5.41) is 16.9. The van der Waals surface area contributed by atoms with Crippen molar-refractivity contribution in [2.45, 2.75) is 12.1 Å². The summed E-state index contributed by atoms with van der Waals surface area (Å²) >= 11 is 0. The molecule has 1 aliphatic rings. The summed E-state index contributed by atoms with van der Waals surface area (Å²) in [5.74, 6) is -0.659. The molecule has 1 saturated heterocycles. The monoisotopic (exact) mass is 394 g/mol. The van der Waals surface area contributed by atoms with Gasteiger partial charge >= 0.3 is 6.03 Å². The lowest BCUT2D eigenvalue weighted by atomic mass is 9.89. The second kappa shape index (κ2) is 6.55. The maximum Gasteiger partial charge on any atom is 0.322 e. The minimum absolute atomic E-state index is 0.0662. The van der Waals surface area contributed by atoms with Crippen molar-refractivity contribution >= 4 is 28.6 Å². The summed E-state index contributed by atoms with van der Waals surface area (Å²) in [5.41, 5.74) is 4.52. The van der Waals surface area contributed by atoms with Crippen LogP contribution in [0, 0.1) is 0 Å². The number of nitrogens with two attached hydrogens (primary N) is 1. The topological polar surface area (TPSA) is 136 Å². The molecule has 1 aromatic heterocycles. The van der Waals surface area contributed by atoms with Crippen LogP contribution in [0.4, 0.5) is 4.79 Å². The fourth-order valence-electron chi connectivity index (χ4n) is 3.54. The molecule has 0 aliphatic carbocycles. The second-order valence-electron chi connectivity index (χ2n) is 6.79. The molecule has 4 amide bonds. The smallest absolute Gasteiger partial charge is 0.322 e. The number of imide groups is 1. The predicted octanol–water partition coefficient (Wildman–Crippen LogP) is 1.19. The Morgan fingerprint density at radius 3 is 2.52 bits per heavy atom. The van der Waals surface area contributed by atoms with Gasteiger partial charge in [0.15, 0.2) is 11.4 Å². The molecule has 2 heterocycles. The van der Waals surface area contributed by atoms with Gasteiger partial charge in [-0.1, -0.05) is 12.1 Å². The SMILES string of the molecule is COc1ccc2cn(C[C@@]3(c4ccc(C(N)=O)cc4)NC(=O)NC3=O)c(O)c2c1. The van der Waals surface area contributed by atoms with Crippen LogP contribution in [0.15, 0.2) is 48.7 Å². The fraction of sp³-hybridized carbons (Fsp3) is 0.150. The van der Waals surface area contributed by atoms with Crippen LogP contribution in [0.25, 0.3) is 10.8 Å². The number of hydrogen-bond donors (Lipinski definition) is 4. The van der Waals surface area contributed by atoms with E-state index in [0.29, 0.717) is 16.7 Å². The van der Waals surface area contributed by atoms with Gasteiger partial charge < -0.3 is 25.5 Å². The maximum atomic E-state index is 12.8. The first-order valence-electron chi connectivity index (χ1n) is 8.74. The average Bonchev–Trinajstić information content (AvgIpc) is 3.17. The van der Waals surface area contributed by atoms with Crippen molar-refractivity contribution in [1.82, 2.24) is 15.2 Å². The number of nitrogens with zero attached hydrogens (tertiary/aromatic N) is 1. The summed E-state index contributed by atoms with van der Waals surface area (Å²) < 4.78 is 6.67. The molecule has 29 heavy (non-hydrogen) atoms. The summed E-state index contributed by atoms with van der Waals surface area (Å²) in [4.78, 5) is 36.0. The summed E-state index contributed by atoms with van der Waals surface area (Å²) in [6.45, 7) is -0.0662. The number of rotatable bonds is 5. The summed E-state index contributed by atoms with van der Waals surface area (Å²) in [6, 6.07) is 10.6. The van der Waals surface area contributed by atoms with Crippen LogP contribution in [0.2, 0.25) is 0 Å². The molecule has 9 heteroatoms. The summed E-state index contributed by atoms with van der Waals surface area (Å²) in [7, 11) is 1.53. The van der Waals surface area contributed by atoms with Crippen molar-refractivity contribution in [3.63, 3.8) is 0 Å². The lowest BCUT2D eigenvalue weighted by molar-refractivity contribution is -0.124. The highest BCUT2D eigenvalue weighted by atomic mass is 16.5. The van der Waals surface area contributed by atoms with E-state index in [1.54, 1.807) is 36.5 Å². The lowest BCUT2D eigenvalue weighted by Crippen LogP contribution is -2.47. The Balaban J connectivity index is 1.80. The van der Waals surface area contributed by atoms with Gasteiger partial charge in [0, 0.05) is 22.5 Å². The number of ether oxygens (including phenoxy) is 1. The van der Waals surface area contributed by atoms with Crippen molar-refractivity contribution in [1.29, 1.82) is 0 Å². The molecule has 9 nitrogen and oxygen atoms in total. The number of amides is 4.